The second-order valence-corrected chi connectivity index (χ2v) is 4.18. The van der Waals surface area contributed by atoms with Crippen molar-refractivity contribution in [1.29, 1.82) is 0 Å². The van der Waals surface area contributed by atoms with Gasteiger partial charge in [0.05, 0.1) is 5.92 Å². The Balaban J connectivity index is 2.37. The number of nitrogens with one attached hydrogen (secondary N) is 1. The third kappa shape index (κ3) is 3.98. The molecule has 0 aliphatic rings. The first-order valence-electron chi connectivity index (χ1n) is 5.43. The van der Waals surface area contributed by atoms with E-state index in [0.717, 1.165) is 5.56 Å². The lowest BCUT2D eigenvalue weighted by molar-refractivity contribution is -0.143. The Labute approximate surface area is 95.7 Å². The van der Waals surface area contributed by atoms with Crippen molar-refractivity contribution in [2.75, 3.05) is 6.54 Å². The number of carboxylic acids is 1. The normalized spacial score (nSPS) is 12.7. The van der Waals surface area contributed by atoms with Gasteiger partial charge in [-0.1, -0.05) is 13.8 Å². The minimum Gasteiger partial charge on any atom is -0.481 e. The molecule has 0 spiro atoms. The number of pyridine rings is 1. The summed E-state index contributed by atoms with van der Waals surface area (Å²) in [6, 6.07) is 3.83. The van der Waals surface area contributed by atoms with Crippen molar-refractivity contribution in [1.82, 2.24) is 10.3 Å². The molecule has 0 fully saturated rings. The van der Waals surface area contributed by atoms with E-state index in [0.29, 0.717) is 13.1 Å². The Morgan fingerprint density at radius 2 is 2.06 bits per heavy atom. The summed E-state index contributed by atoms with van der Waals surface area (Å²) in [7, 11) is 0. The number of carboxylic acid groups (broad SMARTS) is 1. The third-order valence-corrected chi connectivity index (χ3v) is 2.56. The molecule has 0 amide bonds. The van der Waals surface area contributed by atoms with Crippen molar-refractivity contribution in [2.24, 2.45) is 11.8 Å². The van der Waals surface area contributed by atoms with E-state index < -0.39 is 5.97 Å². The molecule has 1 aromatic heterocycles. The van der Waals surface area contributed by atoms with E-state index in [2.05, 4.69) is 10.3 Å². The van der Waals surface area contributed by atoms with Gasteiger partial charge in [-0.05, 0) is 23.6 Å². The van der Waals surface area contributed by atoms with Crippen LogP contribution in [0.15, 0.2) is 24.5 Å². The Morgan fingerprint density at radius 1 is 1.44 bits per heavy atom. The van der Waals surface area contributed by atoms with Crippen molar-refractivity contribution in [3.63, 3.8) is 0 Å². The van der Waals surface area contributed by atoms with Crippen LogP contribution in [0.1, 0.15) is 19.4 Å². The molecule has 0 aromatic carbocycles. The molecule has 1 rings (SSSR count). The highest BCUT2D eigenvalue weighted by molar-refractivity contribution is 5.70. The Morgan fingerprint density at radius 3 is 2.56 bits per heavy atom. The first-order chi connectivity index (χ1) is 7.61. The van der Waals surface area contributed by atoms with E-state index in [-0.39, 0.29) is 11.8 Å². The van der Waals surface area contributed by atoms with Gasteiger partial charge >= 0.3 is 5.97 Å². The molecule has 0 aliphatic carbocycles. The zero-order valence-electron chi connectivity index (χ0n) is 9.68. The van der Waals surface area contributed by atoms with E-state index in [9.17, 15) is 4.79 Å². The summed E-state index contributed by atoms with van der Waals surface area (Å²) < 4.78 is 0. The van der Waals surface area contributed by atoms with Crippen LogP contribution in [0.4, 0.5) is 0 Å². The molecule has 4 heteroatoms. The van der Waals surface area contributed by atoms with Crippen LogP contribution in [-0.2, 0) is 11.3 Å². The van der Waals surface area contributed by atoms with Crippen LogP contribution >= 0.6 is 0 Å². The highest BCUT2D eigenvalue weighted by Gasteiger charge is 2.20. The molecule has 16 heavy (non-hydrogen) atoms. The van der Waals surface area contributed by atoms with E-state index in [1.807, 2.05) is 26.0 Å². The number of nitrogens with zero attached hydrogens (tertiary/aromatic N) is 1. The summed E-state index contributed by atoms with van der Waals surface area (Å²) >= 11 is 0. The van der Waals surface area contributed by atoms with E-state index in [4.69, 9.17) is 5.11 Å². The maximum Gasteiger partial charge on any atom is 0.308 e. The largest absolute Gasteiger partial charge is 0.481 e. The van der Waals surface area contributed by atoms with Crippen LogP contribution in [0.25, 0.3) is 0 Å². The van der Waals surface area contributed by atoms with Gasteiger partial charge in [-0.25, -0.2) is 0 Å². The Hall–Kier alpha value is -1.42. The van der Waals surface area contributed by atoms with Gasteiger partial charge < -0.3 is 10.4 Å². The fourth-order valence-electron chi connectivity index (χ4n) is 1.48. The molecular weight excluding hydrogens is 204 g/mol. The summed E-state index contributed by atoms with van der Waals surface area (Å²) in [5.41, 5.74) is 1.11. The fourth-order valence-corrected chi connectivity index (χ4v) is 1.48. The molecule has 4 nitrogen and oxygen atoms in total. The first kappa shape index (κ1) is 12.6. The lowest BCUT2D eigenvalue weighted by Crippen LogP contribution is -2.31. The van der Waals surface area contributed by atoms with Crippen molar-refractivity contribution in [3.8, 4) is 0 Å². The molecular formula is C12H18N2O2. The van der Waals surface area contributed by atoms with Gasteiger partial charge in [0.15, 0.2) is 0 Å². The maximum atomic E-state index is 10.9. The Kier molecular flexibility index (Phi) is 4.92. The van der Waals surface area contributed by atoms with Gasteiger partial charge in [-0.15, -0.1) is 0 Å². The van der Waals surface area contributed by atoms with Gasteiger partial charge in [0, 0.05) is 25.5 Å². The van der Waals surface area contributed by atoms with Crippen molar-refractivity contribution in [3.05, 3.63) is 30.1 Å². The minimum atomic E-state index is -0.739. The van der Waals surface area contributed by atoms with Crippen LogP contribution in [0.3, 0.4) is 0 Å². The quantitative estimate of drug-likeness (QED) is 0.766. The average molecular weight is 222 g/mol. The summed E-state index contributed by atoms with van der Waals surface area (Å²) in [6.45, 7) is 5.02. The SMILES string of the molecule is CC(C)C(CNCc1ccncc1)C(=O)O. The van der Waals surface area contributed by atoms with Crippen LogP contribution < -0.4 is 5.32 Å². The molecule has 1 heterocycles. The molecule has 2 N–H and O–H groups in total. The summed E-state index contributed by atoms with van der Waals surface area (Å²) in [6.07, 6.45) is 3.46. The molecule has 88 valence electrons. The third-order valence-electron chi connectivity index (χ3n) is 2.56. The van der Waals surface area contributed by atoms with E-state index in [1.54, 1.807) is 12.4 Å². The van der Waals surface area contributed by atoms with E-state index in [1.165, 1.54) is 0 Å². The summed E-state index contributed by atoms with van der Waals surface area (Å²) in [4.78, 5) is 14.9. The van der Waals surface area contributed by atoms with Crippen LogP contribution in [0.5, 0.6) is 0 Å². The zero-order valence-corrected chi connectivity index (χ0v) is 9.68. The molecule has 0 saturated carbocycles. The smallest absolute Gasteiger partial charge is 0.308 e. The number of carbonyl (C=O) groups is 1. The monoisotopic (exact) mass is 222 g/mol. The van der Waals surface area contributed by atoms with Gasteiger partial charge in [0.2, 0.25) is 0 Å². The Bertz CT molecular complexity index is 325. The number of rotatable bonds is 6. The number of hydrogen-bond acceptors (Lipinski definition) is 3. The lowest BCUT2D eigenvalue weighted by Gasteiger charge is -2.16. The van der Waals surface area contributed by atoms with Crippen molar-refractivity contribution in [2.45, 2.75) is 20.4 Å². The predicted molar refractivity (Wildman–Crippen MR) is 61.9 cm³/mol. The zero-order chi connectivity index (χ0) is 12.0. The topological polar surface area (TPSA) is 62.2 Å². The van der Waals surface area contributed by atoms with Gasteiger partial charge in [-0.3, -0.25) is 9.78 Å². The standard InChI is InChI=1S/C12H18N2O2/c1-9(2)11(12(15)16)8-14-7-10-3-5-13-6-4-10/h3-6,9,11,14H,7-8H2,1-2H3,(H,15,16). The second-order valence-electron chi connectivity index (χ2n) is 4.18. The lowest BCUT2D eigenvalue weighted by atomic mass is 9.96. The van der Waals surface area contributed by atoms with Gasteiger partial charge in [-0.2, -0.15) is 0 Å². The van der Waals surface area contributed by atoms with Crippen molar-refractivity contribution < 1.29 is 9.90 Å². The predicted octanol–water partition coefficient (Wildman–Crippen LogP) is 1.53. The molecule has 1 unspecified atom stereocenters. The molecule has 1 atom stereocenters. The molecule has 0 saturated heterocycles. The molecule has 1 aromatic rings. The number of hydrogen-bond donors (Lipinski definition) is 2. The van der Waals surface area contributed by atoms with Gasteiger partial charge in [0.1, 0.15) is 0 Å². The molecule has 0 radical (unpaired) electrons. The summed E-state index contributed by atoms with van der Waals surface area (Å²) in [5, 5.41) is 12.1. The molecule has 0 aliphatic heterocycles. The fraction of sp³-hybridized carbons (Fsp3) is 0.500. The van der Waals surface area contributed by atoms with Crippen LogP contribution in [0, 0.1) is 11.8 Å². The van der Waals surface area contributed by atoms with E-state index >= 15 is 0 Å². The van der Waals surface area contributed by atoms with Gasteiger partial charge in [0.25, 0.3) is 0 Å². The highest BCUT2D eigenvalue weighted by Crippen LogP contribution is 2.09. The average Bonchev–Trinajstić information content (AvgIpc) is 2.24. The van der Waals surface area contributed by atoms with Crippen LogP contribution in [-0.4, -0.2) is 22.6 Å². The first-order valence-corrected chi connectivity index (χ1v) is 5.43. The molecule has 0 bridgehead atoms. The maximum absolute atomic E-state index is 10.9. The second kappa shape index (κ2) is 6.23. The minimum absolute atomic E-state index is 0.141. The number of aliphatic carboxylic acids is 1. The number of aromatic nitrogens is 1. The van der Waals surface area contributed by atoms with Crippen molar-refractivity contribution >= 4 is 5.97 Å². The summed E-state index contributed by atoms with van der Waals surface area (Å²) in [5.74, 6) is -0.929. The van der Waals surface area contributed by atoms with Crippen LogP contribution in [0.2, 0.25) is 0 Å². The highest BCUT2D eigenvalue weighted by atomic mass is 16.4.